The molecular formula is C10H17N5O. The van der Waals surface area contributed by atoms with Gasteiger partial charge in [0.1, 0.15) is 12.4 Å². The Morgan fingerprint density at radius 1 is 1.75 bits per heavy atom. The lowest BCUT2D eigenvalue weighted by Crippen LogP contribution is -2.44. The van der Waals surface area contributed by atoms with E-state index < -0.39 is 0 Å². The zero-order valence-corrected chi connectivity index (χ0v) is 9.39. The minimum atomic E-state index is -0.376. The highest BCUT2D eigenvalue weighted by Crippen LogP contribution is 2.37. The first-order chi connectivity index (χ1) is 7.70. The summed E-state index contributed by atoms with van der Waals surface area (Å²) in [4.78, 5) is 15.4. The molecule has 0 spiro atoms. The molecular weight excluding hydrogens is 206 g/mol. The number of amides is 1. The number of carbonyl (C=O) groups excluding carboxylic acids is 1. The van der Waals surface area contributed by atoms with Crippen molar-refractivity contribution in [3.8, 4) is 0 Å². The maximum Gasteiger partial charge on any atom is 0.236 e. The van der Waals surface area contributed by atoms with Crippen molar-refractivity contribution in [1.82, 2.24) is 20.1 Å². The van der Waals surface area contributed by atoms with Gasteiger partial charge in [-0.25, -0.2) is 4.98 Å². The molecule has 0 saturated heterocycles. The van der Waals surface area contributed by atoms with Crippen LogP contribution in [0.5, 0.6) is 0 Å². The average molecular weight is 223 g/mol. The van der Waals surface area contributed by atoms with Gasteiger partial charge in [0, 0.05) is 5.92 Å². The molecule has 1 aliphatic rings. The molecule has 16 heavy (non-hydrogen) atoms. The Hall–Kier alpha value is -1.43. The van der Waals surface area contributed by atoms with Crippen LogP contribution < -0.4 is 11.1 Å². The van der Waals surface area contributed by atoms with Crippen molar-refractivity contribution < 1.29 is 4.79 Å². The molecule has 1 aromatic heterocycles. The topological polar surface area (TPSA) is 85.8 Å². The first-order valence-corrected chi connectivity index (χ1v) is 5.62. The van der Waals surface area contributed by atoms with Crippen molar-refractivity contribution in [3.63, 3.8) is 0 Å². The number of aromatic nitrogens is 3. The quantitative estimate of drug-likeness (QED) is 0.688. The van der Waals surface area contributed by atoms with Gasteiger partial charge in [0.25, 0.3) is 0 Å². The maximum absolute atomic E-state index is 11.1. The first kappa shape index (κ1) is 11.1. The minimum absolute atomic E-state index is 0.356. The van der Waals surface area contributed by atoms with Gasteiger partial charge < -0.3 is 11.1 Å². The third-order valence-electron chi connectivity index (χ3n) is 2.66. The molecule has 1 amide bonds. The fourth-order valence-electron chi connectivity index (χ4n) is 1.61. The Morgan fingerprint density at radius 2 is 2.50 bits per heavy atom. The van der Waals surface area contributed by atoms with Crippen molar-refractivity contribution >= 4 is 5.91 Å². The Kier molecular flexibility index (Phi) is 3.19. The van der Waals surface area contributed by atoms with Crippen LogP contribution in [0.1, 0.15) is 31.5 Å². The summed E-state index contributed by atoms with van der Waals surface area (Å²) >= 11 is 0. The Bertz CT molecular complexity index is 371. The van der Waals surface area contributed by atoms with Gasteiger partial charge in [-0.1, -0.05) is 6.92 Å². The molecule has 2 rings (SSSR count). The van der Waals surface area contributed by atoms with Crippen molar-refractivity contribution in [3.05, 3.63) is 12.2 Å². The summed E-state index contributed by atoms with van der Waals surface area (Å²) in [7, 11) is 0. The number of nitrogens with two attached hydrogens (primary N) is 1. The fourth-order valence-corrected chi connectivity index (χ4v) is 1.61. The SMILES string of the molecule is CCNC(Cn1cnc(C2CC2)n1)C(N)=O. The molecule has 1 fully saturated rings. The van der Waals surface area contributed by atoms with Crippen LogP contribution in [0.4, 0.5) is 0 Å². The number of primary amides is 1. The molecule has 0 bridgehead atoms. The van der Waals surface area contributed by atoms with Crippen LogP contribution in [0.15, 0.2) is 6.33 Å². The molecule has 3 N–H and O–H groups in total. The zero-order valence-electron chi connectivity index (χ0n) is 9.39. The zero-order chi connectivity index (χ0) is 11.5. The number of carbonyl (C=O) groups is 1. The summed E-state index contributed by atoms with van der Waals surface area (Å²) in [6.45, 7) is 3.09. The molecule has 1 aromatic rings. The second-order valence-electron chi connectivity index (χ2n) is 4.11. The van der Waals surface area contributed by atoms with Gasteiger partial charge in [-0.05, 0) is 19.4 Å². The summed E-state index contributed by atoms with van der Waals surface area (Å²) in [5.74, 6) is 1.07. The summed E-state index contributed by atoms with van der Waals surface area (Å²) in [6, 6.07) is -0.376. The van der Waals surface area contributed by atoms with Crippen molar-refractivity contribution in [2.75, 3.05) is 6.54 Å². The molecule has 1 aliphatic carbocycles. The van der Waals surface area contributed by atoms with E-state index in [1.807, 2.05) is 6.92 Å². The van der Waals surface area contributed by atoms with Crippen LogP contribution in [0, 0.1) is 0 Å². The molecule has 6 heteroatoms. The number of rotatable bonds is 6. The molecule has 0 aliphatic heterocycles. The predicted octanol–water partition coefficient (Wildman–Crippen LogP) is -0.381. The van der Waals surface area contributed by atoms with Crippen molar-refractivity contribution in [2.45, 2.75) is 38.3 Å². The standard InChI is InChI=1S/C10H17N5O/c1-2-12-8(9(11)16)5-15-6-13-10(14-15)7-3-4-7/h6-8,12H,2-5H2,1H3,(H2,11,16). The molecule has 0 radical (unpaired) electrons. The van der Waals surface area contributed by atoms with Gasteiger partial charge in [-0.15, -0.1) is 0 Å². The van der Waals surface area contributed by atoms with Crippen LogP contribution in [0.3, 0.4) is 0 Å². The molecule has 1 heterocycles. The third kappa shape index (κ3) is 2.57. The number of hydrogen-bond acceptors (Lipinski definition) is 4. The van der Waals surface area contributed by atoms with Gasteiger partial charge in [0.2, 0.25) is 5.91 Å². The molecule has 1 atom stereocenters. The number of nitrogens with zero attached hydrogens (tertiary/aromatic N) is 3. The second kappa shape index (κ2) is 4.61. The molecule has 0 aromatic carbocycles. The van der Waals surface area contributed by atoms with Crippen LogP contribution in [0.25, 0.3) is 0 Å². The van der Waals surface area contributed by atoms with E-state index in [0.717, 1.165) is 5.82 Å². The Labute approximate surface area is 94.2 Å². The number of nitrogens with one attached hydrogen (secondary N) is 1. The van der Waals surface area contributed by atoms with Gasteiger partial charge in [-0.2, -0.15) is 5.10 Å². The number of hydrogen-bond donors (Lipinski definition) is 2. The number of likely N-dealkylation sites (N-methyl/N-ethyl adjacent to an activating group) is 1. The third-order valence-corrected chi connectivity index (χ3v) is 2.66. The second-order valence-corrected chi connectivity index (χ2v) is 4.11. The monoisotopic (exact) mass is 223 g/mol. The smallest absolute Gasteiger partial charge is 0.236 e. The van der Waals surface area contributed by atoms with Crippen LogP contribution in [-0.4, -0.2) is 33.3 Å². The van der Waals surface area contributed by atoms with Crippen LogP contribution >= 0.6 is 0 Å². The molecule has 1 saturated carbocycles. The minimum Gasteiger partial charge on any atom is -0.368 e. The van der Waals surface area contributed by atoms with Gasteiger partial charge in [-0.3, -0.25) is 9.48 Å². The average Bonchev–Trinajstić information content (AvgIpc) is 2.99. The summed E-state index contributed by atoms with van der Waals surface area (Å²) < 4.78 is 1.69. The molecule has 1 unspecified atom stereocenters. The predicted molar refractivity (Wildman–Crippen MR) is 58.7 cm³/mol. The summed E-state index contributed by atoms with van der Waals surface area (Å²) in [5, 5.41) is 7.36. The highest BCUT2D eigenvalue weighted by molar-refractivity contribution is 5.79. The highest BCUT2D eigenvalue weighted by Gasteiger charge is 2.27. The van der Waals surface area contributed by atoms with Crippen molar-refractivity contribution in [2.24, 2.45) is 5.73 Å². The Balaban J connectivity index is 1.97. The van der Waals surface area contributed by atoms with Crippen LogP contribution in [-0.2, 0) is 11.3 Å². The first-order valence-electron chi connectivity index (χ1n) is 5.62. The lowest BCUT2D eigenvalue weighted by atomic mass is 10.3. The van der Waals surface area contributed by atoms with E-state index in [9.17, 15) is 4.79 Å². The van der Waals surface area contributed by atoms with E-state index in [4.69, 9.17) is 5.73 Å². The van der Waals surface area contributed by atoms with E-state index in [0.29, 0.717) is 19.0 Å². The van der Waals surface area contributed by atoms with Crippen LogP contribution in [0.2, 0.25) is 0 Å². The van der Waals surface area contributed by atoms with Gasteiger partial charge in [0.05, 0.1) is 6.54 Å². The normalized spacial score (nSPS) is 17.3. The molecule has 88 valence electrons. The van der Waals surface area contributed by atoms with E-state index >= 15 is 0 Å². The Morgan fingerprint density at radius 3 is 3.06 bits per heavy atom. The fraction of sp³-hybridized carbons (Fsp3) is 0.700. The lowest BCUT2D eigenvalue weighted by molar-refractivity contribution is -0.120. The van der Waals surface area contributed by atoms with E-state index in [1.165, 1.54) is 12.8 Å². The highest BCUT2D eigenvalue weighted by atomic mass is 16.1. The maximum atomic E-state index is 11.1. The summed E-state index contributed by atoms with van der Waals surface area (Å²) in [6.07, 6.45) is 4.02. The van der Waals surface area contributed by atoms with Gasteiger partial charge >= 0.3 is 0 Å². The van der Waals surface area contributed by atoms with Crippen molar-refractivity contribution in [1.29, 1.82) is 0 Å². The lowest BCUT2D eigenvalue weighted by Gasteiger charge is -2.13. The van der Waals surface area contributed by atoms with E-state index in [1.54, 1.807) is 11.0 Å². The van der Waals surface area contributed by atoms with E-state index in [2.05, 4.69) is 15.4 Å². The molecule has 6 nitrogen and oxygen atoms in total. The van der Waals surface area contributed by atoms with Gasteiger partial charge in [0.15, 0.2) is 5.82 Å². The summed E-state index contributed by atoms with van der Waals surface area (Å²) in [5.41, 5.74) is 5.29. The largest absolute Gasteiger partial charge is 0.368 e. The van der Waals surface area contributed by atoms with E-state index in [-0.39, 0.29) is 11.9 Å².